The molecule has 0 spiro atoms. The van der Waals surface area contributed by atoms with Crippen LogP contribution < -0.4 is 20.7 Å². The molecule has 0 radical (unpaired) electrons. The maximum absolute atomic E-state index is 15.1. The predicted octanol–water partition coefficient (Wildman–Crippen LogP) is 4.73. The van der Waals surface area contributed by atoms with Crippen molar-refractivity contribution in [2.24, 2.45) is 7.05 Å². The van der Waals surface area contributed by atoms with Crippen LogP contribution in [-0.4, -0.2) is 22.2 Å². The molecule has 0 fully saturated rings. The lowest BCUT2D eigenvalue weighted by atomic mass is 10.1. The third-order valence-corrected chi connectivity index (χ3v) is 5.62. The van der Waals surface area contributed by atoms with Gasteiger partial charge in [-0.25, -0.2) is 18.5 Å². The molecule has 0 saturated carbocycles. The van der Waals surface area contributed by atoms with E-state index in [4.69, 9.17) is 21.1 Å². The number of carbonyl (C=O) groups excluding carboxylic acids is 1. The maximum Gasteiger partial charge on any atom is 0.431 e. The summed E-state index contributed by atoms with van der Waals surface area (Å²) in [5.74, 6) is -3.53. The highest BCUT2D eigenvalue weighted by Crippen LogP contribution is 2.41. The van der Waals surface area contributed by atoms with Gasteiger partial charge in [0.2, 0.25) is 5.75 Å². The summed E-state index contributed by atoms with van der Waals surface area (Å²) in [6.45, 7) is 0. The second-order valence-corrected chi connectivity index (χ2v) is 7.95. The van der Waals surface area contributed by atoms with Crippen LogP contribution in [0.1, 0.15) is 16.1 Å². The van der Waals surface area contributed by atoms with E-state index in [2.05, 4.69) is 0 Å². The number of benzene rings is 3. The molecule has 1 heterocycles. The molecule has 1 aromatic heterocycles. The Morgan fingerprint density at radius 2 is 1.64 bits per heavy atom. The first-order valence-electron chi connectivity index (χ1n) is 10.1. The number of fused-ring (bicyclic) bond motifs is 1. The number of aromatic nitrogens is 2. The average Bonchev–Trinajstić information content (AvgIpc) is 2.82. The predicted molar refractivity (Wildman–Crippen MR) is 123 cm³/mol. The number of alkyl halides is 3. The fraction of sp³-hybridized carbons (Fsp3) is 0.125. The topological polar surface area (TPSA) is 79.5 Å². The summed E-state index contributed by atoms with van der Waals surface area (Å²) in [6.07, 6.45) is -5.03. The third kappa shape index (κ3) is 4.33. The van der Waals surface area contributed by atoms with Gasteiger partial charge in [-0.2, -0.15) is 13.2 Å². The van der Waals surface area contributed by atoms with E-state index in [0.29, 0.717) is 11.5 Å². The van der Waals surface area contributed by atoms with Gasteiger partial charge in [0.1, 0.15) is 11.4 Å². The molecule has 0 amide bonds. The summed E-state index contributed by atoms with van der Waals surface area (Å²) in [4.78, 5) is 38.4. The van der Waals surface area contributed by atoms with Gasteiger partial charge in [-0.05, 0) is 29.0 Å². The molecule has 4 aromatic rings. The molecule has 3 aromatic carbocycles. The van der Waals surface area contributed by atoms with Crippen molar-refractivity contribution < 1.29 is 31.8 Å². The van der Waals surface area contributed by atoms with Gasteiger partial charge in [-0.1, -0.05) is 41.9 Å². The summed E-state index contributed by atoms with van der Waals surface area (Å²) < 4.78 is 65.6. The van der Waals surface area contributed by atoms with Crippen LogP contribution in [0.25, 0.3) is 16.5 Å². The van der Waals surface area contributed by atoms with E-state index in [9.17, 15) is 27.6 Å². The van der Waals surface area contributed by atoms with Gasteiger partial charge in [0.15, 0.2) is 11.6 Å². The van der Waals surface area contributed by atoms with Gasteiger partial charge in [-0.15, -0.1) is 0 Å². The molecule has 7 nitrogen and oxygen atoms in total. The lowest BCUT2D eigenvalue weighted by Gasteiger charge is -2.18. The molecule has 0 saturated heterocycles. The molecule has 4 rings (SSSR count). The minimum absolute atomic E-state index is 0.0229. The largest absolute Gasteiger partial charge is 0.491 e. The van der Waals surface area contributed by atoms with Crippen LogP contribution in [0.3, 0.4) is 0 Å². The SMILES string of the molecule is COc1c(Cl)cc(F)c(-n2c(=O)cc(C(F)(F)F)n(C)c2=O)c1OC(=O)c1ccc2ccccc2c1. The van der Waals surface area contributed by atoms with Crippen molar-refractivity contribution in [3.8, 4) is 17.2 Å². The summed E-state index contributed by atoms with van der Waals surface area (Å²) in [5, 5.41) is 1.13. The first-order chi connectivity index (χ1) is 16.9. The second kappa shape index (κ2) is 9.15. The Balaban J connectivity index is 1.94. The number of esters is 1. The highest BCUT2D eigenvalue weighted by atomic mass is 35.5. The Kier molecular flexibility index (Phi) is 6.35. The molecule has 0 bridgehead atoms. The molecular weight excluding hydrogens is 508 g/mol. The van der Waals surface area contributed by atoms with Crippen LogP contribution in [0.4, 0.5) is 17.6 Å². The number of carbonyl (C=O) groups is 1. The zero-order valence-electron chi connectivity index (χ0n) is 18.5. The van der Waals surface area contributed by atoms with Gasteiger partial charge >= 0.3 is 17.8 Å². The van der Waals surface area contributed by atoms with Crippen molar-refractivity contribution in [1.29, 1.82) is 0 Å². The van der Waals surface area contributed by atoms with Crippen molar-refractivity contribution in [3.63, 3.8) is 0 Å². The van der Waals surface area contributed by atoms with Crippen molar-refractivity contribution in [2.45, 2.75) is 6.18 Å². The number of methoxy groups -OCH3 is 1. The normalized spacial score (nSPS) is 11.5. The number of hydrogen-bond donors (Lipinski definition) is 0. The van der Waals surface area contributed by atoms with E-state index in [1.165, 1.54) is 12.1 Å². The first-order valence-corrected chi connectivity index (χ1v) is 10.5. The molecule has 0 atom stereocenters. The Morgan fingerprint density at radius 1 is 0.972 bits per heavy atom. The average molecular weight is 523 g/mol. The van der Waals surface area contributed by atoms with E-state index >= 15 is 4.39 Å². The zero-order chi connectivity index (χ0) is 26.4. The number of hydrogen-bond acceptors (Lipinski definition) is 5. The fourth-order valence-electron chi connectivity index (χ4n) is 3.63. The van der Waals surface area contributed by atoms with Crippen molar-refractivity contribution in [1.82, 2.24) is 9.13 Å². The molecule has 36 heavy (non-hydrogen) atoms. The number of ether oxygens (including phenoxy) is 2. The molecule has 0 unspecified atom stereocenters. The fourth-order valence-corrected chi connectivity index (χ4v) is 3.89. The zero-order valence-corrected chi connectivity index (χ0v) is 19.3. The lowest BCUT2D eigenvalue weighted by Crippen LogP contribution is -2.41. The number of halogens is 5. The first kappa shape index (κ1) is 25.0. The minimum atomic E-state index is -5.03. The number of rotatable bonds is 4. The standard InChI is InChI=1S/C24H15ClF4N2O5/c1-30-17(24(27,28)29)11-18(32)31(23(30)34)19-16(26)10-15(25)20(35-2)21(19)36-22(33)14-8-7-12-5-3-4-6-13(12)9-14/h3-11H,1-2H3. The summed E-state index contributed by atoms with van der Waals surface area (Å²) in [7, 11) is 1.86. The van der Waals surface area contributed by atoms with Gasteiger partial charge in [-0.3, -0.25) is 9.36 Å². The highest BCUT2D eigenvalue weighted by Gasteiger charge is 2.36. The van der Waals surface area contributed by atoms with Crippen LogP contribution in [0.5, 0.6) is 11.5 Å². The molecule has 0 aliphatic heterocycles. The Labute approximate surface area is 204 Å². The van der Waals surface area contributed by atoms with Crippen molar-refractivity contribution in [2.75, 3.05) is 7.11 Å². The minimum Gasteiger partial charge on any atom is -0.491 e. The van der Waals surface area contributed by atoms with Gasteiger partial charge < -0.3 is 9.47 Å². The molecule has 0 aliphatic rings. The number of nitrogens with zero attached hydrogens (tertiary/aromatic N) is 2. The van der Waals surface area contributed by atoms with Crippen molar-refractivity contribution >= 4 is 28.3 Å². The third-order valence-electron chi connectivity index (χ3n) is 5.34. The Bertz CT molecular complexity index is 1640. The summed E-state index contributed by atoms with van der Waals surface area (Å²) in [5.41, 5.74) is -5.53. The quantitative estimate of drug-likeness (QED) is 0.220. The molecular formula is C24H15ClF4N2O5. The van der Waals surface area contributed by atoms with Gasteiger partial charge in [0, 0.05) is 13.1 Å². The van der Waals surface area contributed by atoms with E-state index in [-0.39, 0.29) is 25.8 Å². The highest BCUT2D eigenvalue weighted by molar-refractivity contribution is 6.32. The molecule has 186 valence electrons. The Morgan fingerprint density at radius 3 is 2.28 bits per heavy atom. The monoisotopic (exact) mass is 522 g/mol. The smallest absolute Gasteiger partial charge is 0.431 e. The Hall–Kier alpha value is -4.12. The van der Waals surface area contributed by atoms with E-state index < -0.39 is 52.1 Å². The summed E-state index contributed by atoms with van der Waals surface area (Å²) in [6, 6.07) is 12.5. The van der Waals surface area contributed by atoms with Gasteiger partial charge in [0.25, 0.3) is 5.56 Å². The van der Waals surface area contributed by atoms with Crippen LogP contribution in [0.2, 0.25) is 5.02 Å². The van der Waals surface area contributed by atoms with Crippen LogP contribution in [0, 0.1) is 5.82 Å². The molecule has 0 N–H and O–H groups in total. The van der Waals surface area contributed by atoms with Crippen LogP contribution in [0.15, 0.2) is 64.2 Å². The molecule has 0 aliphatic carbocycles. The maximum atomic E-state index is 15.1. The van der Waals surface area contributed by atoms with E-state index in [1.54, 1.807) is 24.3 Å². The van der Waals surface area contributed by atoms with Crippen molar-refractivity contribution in [3.05, 3.63) is 97.5 Å². The lowest BCUT2D eigenvalue weighted by molar-refractivity contribution is -0.144. The van der Waals surface area contributed by atoms with E-state index in [0.717, 1.165) is 19.5 Å². The molecule has 12 heteroatoms. The second-order valence-electron chi connectivity index (χ2n) is 7.55. The van der Waals surface area contributed by atoms with Crippen LogP contribution in [-0.2, 0) is 13.2 Å². The van der Waals surface area contributed by atoms with Crippen LogP contribution >= 0.6 is 11.6 Å². The van der Waals surface area contributed by atoms with Gasteiger partial charge in [0.05, 0.1) is 17.7 Å². The summed E-state index contributed by atoms with van der Waals surface area (Å²) >= 11 is 6.02. The van der Waals surface area contributed by atoms with E-state index in [1.807, 2.05) is 6.07 Å².